The molecule has 0 rings (SSSR count). The van der Waals surface area contributed by atoms with Crippen LogP contribution in [-0.4, -0.2) is 84.1 Å². The van der Waals surface area contributed by atoms with E-state index in [4.69, 9.17) is 28.6 Å². The molecule has 0 heterocycles. The largest absolute Gasteiger partial charge is 0.395 e. The third-order valence-electron chi connectivity index (χ3n) is 2.77. The van der Waals surface area contributed by atoms with E-state index in [2.05, 4.69) is 0 Å². The fraction of sp³-hybridized carbons (Fsp3) is 1.00. The Hall–Kier alpha value is 1.11. The SMILES string of the molecule is CC(C)[O][Ti]([O]C(C)C)([O]C(C)C)[O]C(C)C.OCCN(CCO)CCO.[Ti]. The van der Waals surface area contributed by atoms with Crippen molar-refractivity contribution in [2.75, 3.05) is 39.5 Å². The molecule has 0 aromatic carbocycles. The van der Waals surface area contributed by atoms with Crippen LogP contribution >= 0.6 is 0 Å². The maximum atomic E-state index is 8.48. The van der Waals surface area contributed by atoms with Crippen molar-refractivity contribution in [2.24, 2.45) is 0 Å². The summed E-state index contributed by atoms with van der Waals surface area (Å²) in [5.74, 6) is 0. The smallest absolute Gasteiger partial charge is 0.0558 e. The Morgan fingerprint density at radius 3 is 0.929 bits per heavy atom. The molecule has 0 aliphatic heterocycles. The van der Waals surface area contributed by atoms with Crippen LogP contribution in [0.5, 0.6) is 0 Å². The Bertz CT molecular complexity index is 275. The molecule has 0 bridgehead atoms. The van der Waals surface area contributed by atoms with Gasteiger partial charge in [0, 0.05) is 41.4 Å². The molecule has 10 heteroatoms. The van der Waals surface area contributed by atoms with Crippen molar-refractivity contribution >= 4 is 0 Å². The van der Waals surface area contributed by atoms with Crippen molar-refractivity contribution in [3.05, 3.63) is 0 Å². The third kappa shape index (κ3) is 20.4. The van der Waals surface area contributed by atoms with Gasteiger partial charge in [0.25, 0.3) is 0 Å². The van der Waals surface area contributed by atoms with Crippen LogP contribution < -0.4 is 0 Å². The summed E-state index contributed by atoms with van der Waals surface area (Å²) in [7, 11) is 0. The van der Waals surface area contributed by atoms with Gasteiger partial charge in [0.05, 0.1) is 19.8 Å². The maximum Gasteiger partial charge on any atom is 0.0558 e. The third-order valence-corrected chi connectivity index (χ3v) is 7.52. The Labute approximate surface area is 192 Å². The zero-order valence-electron chi connectivity index (χ0n) is 19.0. The molecule has 0 unspecified atom stereocenters. The molecule has 0 aliphatic rings. The molecule has 28 heavy (non-hydrogen) atoms. The van der Waals surface area contributed by atoms with Crippen LogP contribution in [0.2, 0.25) is 0 Å². The summed E-state index contributed by atoms with van der Waals surface area (Å²) in [4.78, 5) is 1.79. The molecule has 3 N–H and O–H groups in total. The van der Waals surface area contributed by atoms with Gasteiger partial charge in [-0.3, -0.25) is 4.90 Å². The Morgan fingerprint density at radius 2 is 0.786 bits per heavy atom. The summed E-state index contributed by atoms with van der Waals surface area (Å²) in [5, 5.41) is 25.5. The Kier molecular flexibility index (Phi) is 24.1. The van der Waals surface area contributed by atoms with Crippen molar-refractivity contribution in [3.63, 3.8) is 0 Å². The minimum absolute atomic E-state index is 0. The first-order valence-electron chi connectivity index (χ1n) is 9.78. The number of hydrogen-bond donors (Lipinski definition) is 3. The second kappa shape index (κ2) is 20.0. The number of aliphatic hydroxyl groups excluding tert-OH is 3. The first-order valence-corrected chi connectivity index (χ1v) is 12.3. The number of nitrogens with zero attached hydrogens (tertiary/aromatic N) is 1. The van der Waals surface area contributed by atoms with E-state index in [1.54, 1.807) is 4.90 Å². The second-order valence-corrected chi connectivity index (χ2v) is 10.2. The van der Waals surface area contributed by atoms with Crippen LogP contribution in [0.15, 0.2) is 0 Å². The maximum absolute atomic E-state index is 8.48. The average molecular weight is 481 g/mol. The molecule has 170 valence electrons. The minimum Gasteiger partial charge on any atom is -0.395 e. The number of rotatable bonds is 14. The molecule has 0 amide bonds. The Balaban J connectivity index is -0.000000489. The van der Waals surface area contributed by atoms with Gasteiger partial charge in [0.2, 0.25) is 0 Å². The molecule has 0 radical (unpaired) electrons. The summed E-state index contributed by atoms with van der Waals surface area (Å²) >= 11 is -3.62. The van der Waals surface area contributed by atoms with Crippen molar-refractivity contribution in [1.29, 1.82) is 0 Å². The van der Waals surface area contributed by atoms with Crippen LogP contribution in [0.1, 0.15) is 55.4 Å². The number of hydrogen-bond acceptors (Lipinski definition) is 8. The normalized spacial score (nSPS) is 12.0. The molecular formula is C18H43NO7Ti2. The molecule has 0 spiro atoms. The van der Waals surface area contributed by atoms with E-state index in [9.17, 15) is 0 Å². The van der Waals surface area contributed by atoms with Crippen LogP contribution in [0, 0.1) is 0 Å². The fourth-order valence-corrected chi connectivity index (χ4v) is 6.21. The second-order valence-electron chi connectivity index (χ2n) is 7.18. The van der Waals surface area contributed by atoms with E-state index in [-0.39, 0.29) is 66.0 Å². The van der Waals surface area contributed by atoms with Gasteiger partial charge in [-0.15, -0.1) is 0 Å². The first kappa shape index (κ1) is 33.7. The standard InChI is InChI=1S/C6H15NO3.4C3H7O.2Ti/c8-4-1-7(2-5-9)3-6-10;4*1-3(2)4;;/h8-10H,1-6H2;4*3H,1-2H3;;/q;4*-1;;+4. The fourth-order valence-electron chi connectivity index (χ4n) is 2.08. The van der Waals surface area contributed by atoms with Gasteiger partial charge in [-0.1, -0.05) is 0 Å². The quantitative estimate of drug-likeness (QED) is 0.323. The van der Waals surface area contributed by atoms with Gasteiger partial charge in [0.1, 0.15) is 0 Å². The predicted molar refractivity (Wildman–Crippen MR) is 103 cm³/mol. The molecule has 0 saturated heterocycles. The van der Waals surface area contributed by atoms with E-state index in [0.717, 1.165) is 0 Å². The zero-order valence-corrected chi connectivity index (χ0v) is 22.1. The first-order chi connectivity index (χ1) is 12.5. The van der Waals surface area contributed by atoms with Gasteiger partial charge in [-0.2, -0.15) is 0 Å². The van der Waals surface area contributed by atoms with Crippen LogP contribution in [0.3, 0.4) is 0 Å². The van der Waals surface area contributed by atoms with Crippen molar-refractivity contribution < 1.29 is 68.5 Å². The van der Waals surface area contributed by atoms with E-state index < -0.39 is 18.1 Å². The molecule has 0 aliphatic carbocycles. The topological polar surface area (TPSA) is 101 Å². The summed E-state index contributed by atoms with van der Waals surface area (Å²) in [5.41, 5.74) is 0. The zero-order chi connectivity index (χ0) is 21.5. The molecule has 0 aromatic rings. The van der Waals surface area contributed by atoms with Crippen molar-refractivity contribution in [3.8, 4) is 0 Å². The molecule has 8 nitrogen and oxygen atoms in total. The van der Waals surface area contributed by atoms with Gasteiger partial charge < -0.3 is 15.3 Å². The van der Waals surface area contributed by atoms with Gasteiger partial charge >= 0.3 is 111 Å². The van der Waals surface area contributed by atoms with E-state index >= 15 is 0 Å². The van der Waals surface area contributed by atoms with E-state index in [1.807, 2.05) is 55.4 Å². The van der Waals surface area contributed by atoms with Crippen LogP contribution in [0.4, 0.5) is 0 Å². The number of aliphatic hydroxyl groups is 3. The summed E-state index contributed by atoms with van der Waals surface area (Å²) in [6.45, 7) is 17.5. The van der Waals surface area contributed by atoms with Crippen LogP contribution in [0.25, 0.3) is 0 Å². The van der Waals surface area contributed by atoms with E-state index in [0.29, 0.717) is 19.6 Å². The van der Waals surface area contributed by atoms with Gasteiger partial charge in [0.15, 0.2) is 0 Å². The van der Waals surface area contributed by atoms with Crippen LogP contribution in [-0.2, 0) is 53.1 Å². The summed E-state index contributed by atoms with van der Waals surface area (Å²) in [6.07, 6.45) is 0.134. The van der Waals surface area contributed by atoms with Crippen molar-refractivity contribution in [2.45, 2.75) is 79.8 Å². The summed E-state index contributed by atoms with van der Waals surface area (Å²) < 4.78 is 23.6. The van der Waals surface area contributed by atoms with E-state index in [1.165, 1.54) is 0 Å². The molecule has 0 fully saturated rings. The molecule has 0 atom stereocenters. The average Bonchev–Trinajstić information content (AvgIpc) is 2.45. The van der Waals surface area contributed by atoms with Crippen molar-refractivity contribution in [1.82, 2.24) is 4.90 Å². The summed E-state index contributed by atoms with van der Waals surface area (Å²) in [6, 6.07) is 0. The molecular weight excluding hydrogens is 438 g/mol. The molecule has 0 aromatic heterocycles. The predicted octanol–water partition coefficient (Wildman–Crippen LogP) is 1.76. The minimum atomic E-state index is -3.62. The van der Waals surface area contributed by atoms with Gasteiger partial charge in [-0.25, -0.2) is 0 Å². The molecule has 0 saturated carbocycles. The monoisotopic (exact) mass is 481 g/mol. The Morgan fingerprint density at radius 1 is 0.571 bits per heavy atom. The van der Waals surface area contributed by atoms with Gasteiger partial charge in [-0.05, 0) is 0 Å².